The van der Waals surface area contributed by atoms with Gasteiger partial charge in [-0.25, -0.2) is 4.79 Å². The quantitative estimate of drug-likeness (QED) is 0.679. The van der Waals surface area contributed by atoms with E-state index < -0.39 is 11.6 Å². The lowest BCUT2D eigenvalue weighted by molar-refractivity contribution is -0.168. The van der Waals surface area contributed by atoms with Crippen LogP contribution in [0.4, 0.5) is 0 Å². The van der Waals surface area contributed by atoms with Crippen LogP contribution in [-0.4, -0.2) is 48.3 Å². The number of carboxylic acid groups (broad SMARTS) is 1. The van der Waals surface area contributed by atoms with E-state index in [1.165, 1.54) is 39.2 Å². The second-order valence-corrected chi connectivity index (χ2v) is 5.26. The standard InChI is InChI=1S/C14H27NO3/c1-3-4-5-6-7-10-15-11-8-14(18-2,9-12-15)13(16)17/h3-12H2,1-2H3,(H,16,17). The molecule has 0 aliphatic carbocycles. The zero-order valence-corrected chi connectivity index (χ0v) is 11.8. The van der Waals surface area contributed by atoms with Crippen LogP contribution in [-0.2, 0) is 9.53 Å². The van der Waals surface area contributed by atoms with Gasteiger partial charge in [0.05, 0.1) is 0 Å². The van der Waals surface area contributed by atoms with Crippen LogP contribution in [0.1, 0.15) is 51.9 Å². The number of likely N-dealkylation sites (tertiary alicyclic amines) is 1. The third kappa shape index (κ3) is 4.25. The van der Waals surface area contributed by atoms with Crippen LogP contribution < -0.4 is 0 Å². The van der Waals surface area contributed by atoms with Crippen molar-refractivity contribution in [3.05, 3.63) is 0 Å². The van der Waals surface area contributed by atoms with Crippen LogP contribution in [0.25, 0.3) is 0 Å². The van der Waals surface area contributed by atoms with Gasteiger partial charge >= 0.3 is 5.97 Å². The Morgan fingerprint density at radius 3 is 2.33 bits per heavy atom. The molecule has 0 aromatic rings. The van der Waals surface area contributed by atoms with E-state index in [9.17, 15) is 9.90 Å². The molecule has 0 saturated carbocycles. The minimum absolute atomic E-state index is 0.605. The highest BCUT2D eigenvalue weighted by Crippen LogP contribution is 2.26. The summed E-state index contributed by atoms with van der Waals surface area (Å²) in [4.78, 5) is 13.6. The first-order valence-electron chi connectivity index (χ1n) is 7.15. The summed E-state index contributed by atoms with van der Waals surface area (Å²) in [5.41, 5.74) is -0.932. The number of piperidine rings is 1. The highest BCUT2D eigenvalue weighted by atomic mass is 16.5. The van der Waals surface area contributed by atoms with E-state index >= 15 is 0 Å². The third-order valence-corrected chi connectivity index (χ3v) is 4.02. The second kappa shape index (κ2) is 7.74. The molecule has 1 heterocycles. The van der Waals surface area contributed by atoms with Crippen LogP contribution in [0.2, 0.25) is 0 Å². The van der Waals surface area contributed by atoms with Crippen molar-refractivity contribution in [2.45, 2.75) is 57.5 Å². The average Bonchev–Trinajstić information content (AvgIpc) is 2.39. The van der Waals surface area contributed by atoms with Gasteiger partial charge in [-0.15, -0.1) is 0 Å². The molecule has 0 atom stereocenters. The summed E-state index contributed by atoms with van der Waals surface area (Å²) in [6.45, 7) is 5.01. The summed E-state index contributed by atoms with van der Waals surface area (Å²) in [7, 11) is 1.51. The van der Waals surface area contributed by atoms with Gasteiger partial charge in [-0.3, -0.25) is 0 Å². The molecule has 106 valence electrons. The molecule has 4 heteroatoms. The van der Waals surface area contributed by atoms with Crippen molar-refractivity contribution < 1.29 is 14.6 Å². The van der Waals surface area contributed by atoms with Gasteiger partial charge in [0.1, 0.15) is 0 Å². The minimum atomic E-state index is -0.932. The van der Waals surface area contributed by atoms with Crippen molar-refractivity contribution in [2.75, 3.05) is 26.7 Å². The van der Waals surface area contributed by atoms with Crippen LogP contribution >= 0.6 is 0 Å². The number of rotatable bonds is 8. The Morgan fingerprint density at radius 1 is 1.22 bits per heavy atom. The normalized spacial score (nSPS) is 19.9. The lowest BCUT2D eigenvalue weighted by Gasteiger charge is -2.37. The number of aliphatic carboxylic acids is 1. The van der Waals surface area contributed by atoms with E-state index in [1.807, 2.05) is 0 Å². The maximum atomic E-state index is 11.2. The van der Waals surface area contributed by atoms with Crippen molar-refractivity contribution >= 4 is 5.97 Å². The number of methoxy groups -OCH3 is 1. The summed E-state index contributed by atoms with van der Waals surface area (Å²) in [6.07, 6.45) is 7.65. The highest BCUT2D eigenvalue weighted by Gasteiger charge is 2.41. The van der Waals surface area contributed by atoms with Crippen molar-refractivity contribution in [1.29, 1.82) is 0 Å². The largest absolute Gasteiger partial charge is 0.479 e. The Hall–Kier alpha value is -0.610. The lowest BCUT2D eigenvalue weighted by atomic mass is 9.91. The molecule has 0 aromatic heterocycles. The van der Waals surface area contributed by atoms with Crippen LogP contribution in [0.3, 0.4) is 0 Å². The Labute approximate surface area is 110 Å². The average molecular weight is 257 g/mol. The fourth-order valence-electron chi connectivity index (χ4n) is 2.58. The molecule has 0 unspecified atom stereocenters. The molecule has 1 aliphatic heterocycles. The van der Waals surface area contributed by atoms with Crippen molar-refractivity contribution in [3.63, 3.8) is 0 Å². The van der Waals surface area contributed by atoms with Gasteiger partial charge in [-0.1, -0.05) is 32.6 Å². The SMILES string of the molecule is CCCCCCCN1CCC(OC)(C(=O)O)CC1. The molecule has 4 nitrogen and oxygen atoms in total. The number of hydrogen-bond donors (Lipinski definition) is 1. The van der Waals surface area contributed by atoms with Gasteiger partial charge in [0.25, 0.3) is 0 Å². The number of unbranched alkanes of at least 4 members (excludes halogenated alkanes) is 4. The predicted molar refractivity (Wildman–Crippen MR) is 71.8 cm³/mol. The van der Waals surface area contributed by atoms with Gasteiger partial charge in [0, 0.05) is 20.2 Å². The molecule has 1 fully saturated rings. The van der Waals surface area contributed by atoms with E-state index in [-0.39, 0.29) is 0 Å². The van der Waals surface area contributed by atoms with Crippen LogP contribution in [0.5, 0.6) is 0 Å². The van der Waals surface area contributed by atoms with Gasteiger partial charge in [0.15, 0.2) is 5.60 Å². The van der Waals surface area contributed by atoms with E-state index in [2.05, 4.69) is 11.8 Å². The zero-order valence-electron chi connectivity index (χ0n) is 11.8. The molecule has 0 radical (unpaired) electrons. The third-order valence-electron chi connectivity index (χ3n) is 4.02. The first kappa shape index (κ1) is 15.4. The van der Waals surface area contributed by atoms with Gasteiger partial charge < -0.3 is 14.7 Å². The molecular formula is C14H27NO3. The summed E-state index contributed by atoms with van der Waals surface area (Å²) in [6, 6.07) is 0. The monoisotopic (exact) mass is 257 g/mol. The maximum absolute atomic E-state index is 11.2. The fourth-order valence-corrected chi connectivity index (χ4v) is 2.58. The van der Waals surface area contributed by atoms with Gasteiger partial charge in [0.2, 0.25) is 0 Å². The second-order valence-electron chi connectivity index (χ2n) is 5.26. The highest BCUT2D eigenvalue weighted by molar-refractivity contribution is 5.77. The van der Waals surface area contributed by atoms with Crippen LogP contribution in [0.15, 0.2) is 0 Å². The van der Waals surface area contributed by atoms with Gasteiger partial charge in [-0.05, 0) is 25.8 Å². The number of carboxylic acids is 1. The summed E-state index contributed by atoms with van der Waals surface area (Å²) >= 11 is 0. The number of hydrogen-bond acceptors (Lipinski definition) is 3. The summed E-state index contributed by atoms with van der Waals surface area (Å²) in [5, 5.41) is 9.20. The van der Waals surface area contributed by atoms with Crippen LogP contribution in [0, 0.1) is 0 Å². The predicted octanol–water partition coefficient (Wildman–Crippen LogP) is 2.52. The Balaban J connectivity index is 2.20. The topological polar surface area (TPSA) is 49.8 Å². The molecule has 0 bridgehead atoms. The number of ether oxygens (including phenoxy) is 1. The molecule has 18 heavy (non-hydrogen) atoms. The molecule has 1 saturated heterocycles. The Morgan fingerprint density at radius 2 is 1.83 bits per heavy atom. The van der Waals surface area contributed by atoms with Gasteiger partial charge in [-0.2, -0.15) is 0 Å². The smallest absolute Gasteiger partial charge is 0.336 e. The molecular weight excluding hydrogens is 230 g/mol. The summed E-state index contributed by atoms with van der Waals surface area (Å²) in [5.74, 6) is -0.812. The Bertz CT molecular complexity index is 247. The van der Waals surface area contributed by atoms with Crippen molar-refractivity contribution in [3.8, 4) is 0 Å². The first-order chi connectivity index (χ1) is 8.64. The molecule has 1 aliphatic rings. The molecule has 0 amide bonds. The van der Waals surface area contributed by atoms with Crippen molar-refractivity contribution in [1.82, 2.24) is 4.90 Å². The lowest BCUT2D eigenvalue weighted by Crippen LogP contribution is -2.50. The van der Waals surface area contributed by atoms with Crippen molar-refractivity contribution in [2.24, 2.45) is 0 Å². The molecule has 0 spiro atoms. The maximum Gasteiger partial charge on any atom is 0.336 e. The molecule has 1 rings (SSSR count). The minimum Gasteiger partial charge on any atom is -0.479 e. The van der Waals surface area contributed by atoms with E-state index in [0.717, 1.165) is 19.6 Å². The van der Waals surface area contributed by atoms with E-state index in [0.29, 0.717) is 12.8 Å². The fraction of sp³-hybridized carbons (Fsp3) is 0.929. The summed E-state index contributed by atoms with van der Waals surface area (Å²) < 4.78 is 5.22. The zero-order chi connectivity index (χ0) is 13.4. The van der Waals surface area contributed by atoms with E-state index in [4.69, 9.17) is 4.74 Å². The van der Waals surface area contributed by atoms with E-state index in [1.54, 1.807) is 0 Å². The Kier molecular flexibility index (Phi) is 6.65. The molecule has 1 N–H and O–H groups in total. The number of nitrogens with zero attached hydrogens (tertiary/aromatic N) is 1. The number of carbonyl (C=O) groups is 1. The first-order valence-corrected chi connectivity index (χ1v) is 7.15. The molecule has 0 aromatic carbocycles.